The fraction of sp³-hybridized carbons (Fsp3) is 0.611. The first-order valence-electron chi connectivity index (χ1n) is 8.90. The van der Waals surface area contributed by atoms with E-state index in [2.05, 4.69) is 10.0 Å². The van der Waals surface area contributed by atoms with Crippen LogP contribution in [0.15, 0.2) is 24.3 Å². The van der Waals surface area contributed by atoms with Crippen molar-refractivity contribution in [2.24, 2.45) is 11.1 Å². The first kappa shape index (κ1) is 23.8. The number of carbonyl (C=O) groups is 1. The van der Waals surface area contributed by atoms with Crippen LogP contribution in [0.4, 0.5) is 0 Å². The van der Waals surface area contributed by atoms with E-state index in [1.807, 2.05) is 12.1 Å². The summed E-state index contributed by atoms with van der Waals surface area (Å²) >= 11 is 0. The third-order valence-corrected chi connectivity index (χ3v) is 6.11. The minimum Gasteiger partial charge on any atom is -0.381 e. The molecule has 0 bridgehead atoms. The fourth-order valence-electron chi connectivity index (χ4n) is 3.03. The smallest absolute Gasteiger partial charge is 0.227 e. The molecule has 1 heterocycles. The molecule has 0 unspecified atom stereocenters. The van der Waals surface area contributed by atoms with Crippen molar-refractivity contribution in [3.8, 4) is 0 Å². The van der Waals surface area contributed by atoms with Crippen LogP contribution < -0.4 is 15.8 Å². The van der Waals surface area contributed by atoms with Crippen LogP contribution in [-0.4, -0.2) is 40.1 Å². The van der Waals surface area contributed by atoms with Gasteiger partial charge in [-0.25, -0.2) is 13.1 Å². The molecule has 1 aromatic carbocycles. The zero-order chi connectivity index (χ0) is 19.2. The molecule has 1 fully saturated rings. The van der Waals surface area contributed by atoms with Crippen molar-refractivity contribution in [2.75, 3.05) is 19.8 Å². The van der Waals surface area contributed by atoms with Gasteiger partial charge in [0, 0.05) is 32.3 Å². The third kappa shape index (κ3) is 7.04. The third-order valence-electron chi connectivity index (χ3n) is 4.57. The number of rotatable bonds is 8. The van der Waals surface area contributed by atoms with E-state index < -0.39 is 15.4 Å². The number of hydrogen-bond acceptors (Lipinski definition) is 5. The van der Waals surface area contributed by atoms with Gasteiger partial charge in [0.2, 0.25) is 15.9 Å². The summed E-state index contributed by atoms with van der Waals surface area (Å²) in [5.41, 5.74) is 6.91. The van der Waals surface area contributed by atoms with Crippen LogP contribution in [0.2, 0.25) is 0 Å². The van der Waals surface area contributed by atoms with E-state index in [-0.39, 0.29) is 30.1 Å². The Morgan fingerprint density at radius 2 is 1.74 bits per heavy atom. The summed E-state index contributed by atoms with van der Waals surface area (Å²) in [5.74, 6) is -0.107. The Balaban J connectivity index is 0.00000364. The SMILES string of the molecule is CC(C)NS(=O)(=O)Cc1ccc(CNC(=O)C2(CN)CCOCC2)cc1.Cl. The Morgan fingerprint density at radius 3 is 2.26 bits per heavy atom. The average Bonchev–Trinajstić information content (AvgIpc) is 2.60. The van der Waals surface area contributed by atoms with Gasteiger partial charge in [-0.3, -0.25) is 4.79 Å². The zero-order valence-corrected chi connectivity index (χ0v) is 17.5. The largest absolute Gasteiger partial charge is 0.381 e. The molecule has 0 atom stereocenters. The number of sulfonamides is 1. The van der Waals surface area contributed by atoms with E-state index in [0.29, 0.717) is 44.7 Å². The van der Waals surface area contributed by atoms with E-state index in [4.69, 9.17) is 10.5 Å². The molecule has 27 heavy (non-hydrogen) atoms. The van der Waals surface area contributed by atoms with Crippen molar-refractivity contribution in [2.45, 2.75) is 45.0 Å². The van der Waals surface area contributed by atoms with Gasteiger partial charge in [0.25, 0.3) is 0 Å². The summed E-state index contributed by atoms with van der Waals surface area (Å²) in [6, 6.07) is 7.08. The number of halogens is 1. The number of carbonyl (C=O) groups excluding carboxylic acids is 1. The molecule has 154 valence electrons. The monoisotopic (exact) mass is 419 g/mol. The summed E-state index contributed by atoms with van der Waals surface area (Å²) < 4.78 is 31.8. The number of nitrogens with two attached hydrogens (primary N) is 1. The van der Waals surface area contributed by atoms with Gasteiger partial charge in [-0.2, -0.15) is 0 Å². The van der Waals surface area contributed by atoms with Gasteiger partial charge in [-0.1, -0.05) is 24.3 Å². The number of amides is 1. The van der Waals surface area contributed by atoms with Crippen molar-refractivity contribution in [3.63, 3.8) is 0 Å². The predicted octanol–water partition coefficient (Wildman–Crippen LogP) is 1.31. The maximum Gasteiger partial charge on any atom is 0.227 e. The topological polar surface area (TPSA) is 111 Å². The Hall–Kier alpha value is -1.19. The van der Waals surface area contributed by atoms with Gasteiger partial charge in [0.05, 0.1) is 11.2 Å². The fourth-order valence-corrected chi connectivity index (χ4v) is 4.46. The van der Waals surface area contributed by atoms with Crippen molar-refractivity contribution >= 4 is 28.3 Å². The molecule has 1 amide bonds. The first-order valence-corrected chi connectivity index (χ1v) is 10.6. The van der Waals surface area contributed by atoms with Crippen LogP contribution in [0.25, 0.3) is 0 Å². The normalized spacial score (nSPS) is 16.6. The molecule has 4 N–H and O–H groups in total. The number of hydrogen-bond donors (Lipinski definition) is 3. The highest BCUT2D eigenvalue weighted by Crippen LogP contribution is 2.29. The van der Waals surface area contributed by atoms with Gasteiger partial charge in [-0.05, 0) is 37.8 Å². The molecule has 0 aromatic heterocycles. The highest BCUT2D eigenvalue weighted by atomic mass is 35.5. The molecule has 7 nitrogen and oxygen atoms in total. The molecule has 1 aliphatic heterocycles. The molecular weight excluding hydrogens is 390 g/mol. The van der Waals surface area contributed by atoms with Gasteiger partial charge in [0.1, 0.15) is 0 Å². The van der Waals surface area contributed by atoms with Crippen LogP contribution in [-0.2, 0) is 31.9 Å². The van der Waals surface area contributed by atoms with Crippen LogP contribution in [0.1, 0.15) is 37.8 Å². The summed E-state index contributed by atoms with van der Waals surface area (Å²) in [6.07, 6.45) is 1.27. The van der Waals surface area contributed by atoms with Gasteiger partial charge in [-0.15, -0.1) is 12.4 Å². The lowest BCUT2D eigenvalue weighted by Crippen LogP contribution is -2.48. The van der Waals surface area contributed by atoms with Crippen LogP contribution >= 0.6 is 12.4 Å². The highest BCUT2D eigenvalue weighted by molar-refractivity contribution is 7.88. The van der Waals surface area contributed by atoms with E-state index >= 15 is 0 Å². The Bertz CT molecular complexity index is 702. The summed E-state index contributed by atoms with van der Waals surface area (Å²) in [5, 5.41) is 2.95. The second-order valence-corrected chi connectivity index (χ2v) is 8.88. The lowest BCUT2D eigenvalue weighted by atomic mass is 9.79. The molecular formula is C18H30ClN3O4S. The average molecular weight is 420 g/mol. The van der Waals surface area contributed by atoms with Crippen LogP contribution in [0, 0.1) is 5.41 Å². The lowest BCUT2D eigenvalue weighted by Gasteiger charge is -2.34. The van der Waals surface area contributed by atoms with Crippen LogP contribution in [0.5, 0.6) is 0 Å². The van der Waals surface area contributed by atoms with Crippen molar-refractivity contribution < 1.29 is 17.9 Å². The molecule has 1 aromatic rings. The maximum atomic E-state index is 12.5. The first-order chi connectivity index (χ1) is 12.3. The molecule has 0 radical (unpaired) electrons. The van der Waals surface area contributed by atoms with E-state index in [1.54, 1.807) is 26.0 Å². The zero-order valence-electron chi connectivity index (χ0n) is 15.9. The van der Waals surface area contributed by atoms with Gasteiger partial charge in [0.15, 0.2) is 0 Å². The van der Waals surface area contributed by atoms with Crippen molar-refractivity contribution in [3.05, 3.63) is 35.4 Å². The Labute approximate surface area is 167 Å². The number of ether oxygens (including phenoxy) is 1. The highest BCUT2D eigenvalue weighted by Gasteiger charge is 2.38. The standard InChI is InChI=1S/C18H29N3O4S.ClH/c1-14(2)21-26(23,24)12-16-5-3-15(4-6-16)11-20-17(22)18(13-19)7-9-25-10-8-18;/h3-6,14,21H,7-13,19H2,1-2H3,(H,20,22);1H. The van der Waals surface area contributed by atoms with Crippen molar-refractivity contribution in [1.29, 1.82) is 0 Å². The number of nitrogens with one attached hydrogen (secondary N) is 2. The molecule has 0 aliphatic carbocycles. The molecule has 1 aliphatic rings. The molecule has 0 saturated carbocycles. The summed E-state index contributed by atoms with van der Waals surface area (Å²) in [7, 11) is -3.34. The quantitative estimate of drug-likeness (QED) is 0.588. The minimum absolute atomic E-state index is 0. The summed E-state index contributed by atoms with van der Waals surface area (Å²) in [6.45, 7) is 5.38. The second kappa shape index (κ2) is 10.4. The molecule has 2 rings (SSSR count). The molecule has 1 saturated heterocycles. The maximum absolute atomic E-state index is 12.5. The molecule has 0 spiro atoms. The van der Waals surface area contributed by atoms with E-state index in [0.717, 1.165) is 5.56 Å². The van der Waals surface area contributed by atoms with Gasteiger partial charge < -0.3 is 15.8 Å². The van der Waals surface area contributed by atoms with Crippen LogP contribution in [0.3, 0.4) is 0 Å². The second-order valence-electron chi connectivity index (χ2n) is 7.13. The minimum atomic E-state index is -3.34. The summed E-state index contributed by atoms with van der Waals surface area (Å²) in [4.78, 5) is 12.5. The molecule has 9 heteroatoms. The number of benzene rings is 1. The van der Waals surface area contributed by atoms with E-state index in [9.17, 15) is 13.2 Å². The van der Waals surface area contributed by atoms with Crippen molar-refractivity contribution in [1.82, 2.24) is 10.0 Å². The lowest BCUT2D eigenvalue weighted by molar-refractivity contribution is -0.136. The Kier molecular flexibility index (Phi) is 9.17. The predicted molar refractivity (Wildman–Crippen MR) is 108 cm³/mol. The Morgan fingerprint density at radius 1 is 1.19 bits per heavy atom. The van der Waals surface area contributed by atoms with Gasteiger partial charge >= 0.3 is 0 Å². The van der Waals surface area contributed by atoms with E-state index in [1.165, 1.54) is 0 Å².